The molecule has 1 aromatic heterocycles. The quantitative estimate of drug-likeness (QED) is 0.413. The molecule has 1 amide bonds. The van der Waals surface area contributed by atoms with Crippen LogP contribution in [0.1, 0.15) is 29.3 Å². The van der Waals surface area contributed by atoms with E-state index in [0.717, 1.165) is 22.4 Å². The molecule has 6 nitrogen and oxygen atoms in total. The van der Waals surface area contributed by atoms with E-state index in [-0.39, 0.29) is 0 Å². The van der Waals surface area contributed by atoms with Crippen molar-refractivity contribution >= 4 is 23.6 Å². The van der Waals surface area contributed by atoms with Crippen LogP contribution < -0.4 is 10.1 Å². The van der Waals surface area contributed by atoms with Crippen LogP contribution in [0.25, 0.3) is 11.1 Å². The normalized spacial score (nSPS) is 11.5. The van der Waals surface area contributed by atoms with Gasteiger partial charge in [-0.05, 0) is 58.9 Å². The van der Waals surface area contributed by atoms with E-state index >= 15 is 0 Å². The molecule has 3 rings (SSSR count). The lowest BCUT2D eigenvalue weighted by Gasteiger charge is -2.17. The number of pyridine rings is 1. The number of aromatic nitrogens is 1. The zero-order valence-electron chi connectivity index (χ0n) is 17.9. The van der Waals surface area contributed by atoms with Gasteiger partial charge >= 0.3 is 5.97 Å². The van der Waals surface area contributed by atoms with Gasteiger partial charge in [0.2, 0.25) is 0 Å². The zero-order valence-corrected chi connectivity index (χ0v) is 18.7. The van der Waals surface area contributed by atoms with Gasteiger partial charge in [0.05, 0.1) is 6.20 Å². The molecule has 0 saturated heterocycles. The highest BCUT2D eigenvalue weighted by molar-refractivity contribution is 7.99. The van der Waals surface area contributed by atoms with E-state index in [2.05, 4.69) is 10.3 Å². The Kier molecular flexibility index (Phi) is 8.69. The van der Waals surface area contributed by atoms with Crippen LogP contribution in [0, 0.1) is 0 Å². The fraction of sp³-hybridized carbons (Fsp3) is 0.240. The maximum Gasteiger partial charge on any atom is 0.326 e. The topological polar surface area (TPSA) is 88.5 Å². The molecule has 2 N–H and O–H groups in total. The third-order valence-electron chi connectivity index (χ3n) is 4.81. The number of nitrogens with zero attached hydrogens (tertiary/aromatic N) is 1. The lowest BCUT2D eigenvalue weighted by molar-refractivity contribution is -0.139. The molecular formula is C25H26N2O4S. The average molecular weight is 451 g/mol. The van der Waals surface area contributed by atoms with Gasteiger partial charge in [0.25, 0.3) is 5.91 Å². The van der Waals surface area contributed by atoms with Crippen LogP contribution in [0.5, 0.6) is 5.75 Å². The first-order valence-corrected chi connectivity index (χ1v) is 11.6. The molecule has 32 heavy (non-hydrogen) atoms. The van der Waals surface area contributed by atoms with Gasteiger partial charge in [0.15, 0.2) is 0 Å². The summed E-state index contributed by atoms with van der Waals surface area (Å²) in [4.78, 5) is 28.7. The van der Waals surface area contributed by atoms with Crippen molar-refractivity contribution in [2.45, 2.75) is 26.0 Å². The minimum absolute atomic E-state index is 0.319. The van der Waals surface area contributed by atoms with Crippen molar-refractivity contribution in [2.75, 3.05) is 11.5 Å². The first-order valence-electron chi connectivity index (χ1n) is 10.4. The lowest BCUT2D eigenvalue weighted by Crippen LogP contribution is -2.41. The third-order valence-corrected chi connectivity index (χ3v) is 5.74. The highest BCUT2D eigenvalue weighted by Gasteiger charge is 2.22. The van der Waals surface area contributed by atoms with Crippen molar-refractivity contribution in [1.82, 2.24) is 10.3 Å². The van der Waals surface area contributed by atoms with Gasteiger partial charge in [-0.1, -0.05) is 43.3 Å². The van der Waals surface area contributed by atoms with Gasteiger partial charge in [-0.3, -0.25) is 9.78 Å². The molecular weight excluding hydrogens is 424 g/mol. The Balaban J connectivity index is 1.83. The number of carbonyl (C=O) groups is 2. The SMILES string of the molecule is CCSCC[C@H](NC(=O)c1ccc(COc2cccnc2)cc1-c1ccccc1)C(=O)O. The molecule has 1 heterocycles. The number of carboxylic acids is 1. The van der Waals surface area contributed by atoms with Gasteiger partial charge in [-0.2, -0.15) is 11.8 Å². The van der Waals surface area contributed by atoms with Crippen LogP contribution in [0.2, 0.25) is 0 Å². The van der Waals surface area contributed by atoms with Crippen molar-refractivity contribution in [3.63, 3.8) is 0 Å². The summed E-state index contributed by atoms with van der Waals surface area (Å²) in [6.45, 7) is 2.34. The predicted octanol–water partition coefficient (Wildman–Crippen LogP) is 4.65. The molecule has 0 bridgehead atoms. The van der Waals surface area contributed by atoms with Crippen molar-refractivity contribution in [2.24, 2.45) is 0 Å². The monoisotopic (exact) mass is 450 g/mol. The molecule has 0 saturated carbocycles. The number of nitrogens with one attached hydrogen (secondary N) is 1. The molecule has 0 unspecified atom stereocenters. The number of hydrogen-bond acceptors (Lipinski definition) is 5. The maximum atomic E-state index is 13.1. The average Bonchev–Trinajstić information content (AvgIpc) is 2.83. The summed E-state index contributed by atoms with van der Waals surface area (Å²) in [6.07, 6.45) is 3.69. The second kappa shape index (κ2) is 11.9. The second-order valence-electron chi connectivity index (χ2n) is 7.07. The minimum Gasteiger partial charge on any atom is -0.487 e. The highest BCUT2D eigenvalue weighted by Crippen LogP contribution is 2.26. The summed E-state index contributed by atoms with van der Waals surface area (Å²) in [5.74, 6) is 0.797. The molecule has 0 fully saturated rings. The van der Waals surface area contributed by atoms with E-state index < -0.39 is 17.9 Å². The Hall–Kier alpha value is -3.32. The fourth-order valence-electron chi connectivity index (χ4n) is 3.17. The number of carbonyl (C=O) groups excluding carboxylic acids is 1. The Morgan fingerprint density at radius 3 is 2.62 bits per heavy atom. The summed E-state index contributed by atoms with van der Waals surface area (Å²) in [7, 11) is 0. The zero-order chi connectivity index (χ0) is 22.8. The Morgan fingerprint density at radius 1 is 1.12 bits per heavy atom. The van der Waals surface area contributed by atoms with Crippen LogP contribution in [-0.2, 0) is 11.4 Å². The molecule has 0 spiro atoms. The molecule has 2 aromatic carbocycles. The summed E-state index contributed by atoms with van der Waals surface area (Å²) in [5, 5.41) is 12.2. The molecule has 0 aliphatic rings. The predicted molar refractivity (Wildman–Crippen MR) is 127 cm³/mol. The van der Waals surface area contributed by atoms with E-state index in [0.29, 0.717) is 30.1 Å². The Labute approximate surface area is 192 Å². The number of carboxylic acid groups (broad SMARTS) is 1. The number of ether oxygens (including phenoxy) is 1. The minimum atomic E-state index is -1.03. The molecule has 3 aromatic rings. The van der Waals surface area contributed by atoms with Gasteiger partial charge in [-0.25, -0.2) is 4.79 Å². The summed E-state index contributed by atoms with van der Waals surface area (Å²) >= 11 is 1.65. The Bertz CT molecular complexity index is 1030. The van der Waals surface area contributed by atoms with Crippen LogP contribution in [0.4, 0.5) is 0 Å². The molecule has 0 aliphatic heterocycles. The largest absolute Gasteiger partial charge is 0.487 e. The summed E-state index contributed by atoms with van der Waals surface area (Å²) < 4.78 is 5.79. The van der Waals surface area contributed by atoms with Crippen LogP contribution in [0.15, 0.2) is 73.1 Å². The smallest absolute Gasteiger partial charge is 0.326 e. The van der Waals surface area contributed by atoms with E-state index in [9.17, 15) is 14.7 Å². The first-order chi connectivity index (χ1) is 15.6. The van der Waals surface area contributed by atoms with Gasteiger partial charge in [0, 0.05) is 11.8 Å². The van der Waals surface area contributed by atoms with Crippen molar-refractivity contribution < 1.29 is 19.4 Å². The van der Waals surface area contributed by atoms with Crippen molar-refractivity contribution in [1.29, 1.82) is 0 Å². The fourth-order valence-corrected chi connectivity index (χ4v) is 3.86. The number of benzene rings is 2. The first kappa shape index (κ1) is 23.3. The van der Waals surface area contributed by atoms with Crippen LogP contribution in [0.3, 0.4) is 0 Å². The number of amides is 1. The number of thioether (sulfide) groups is 1. The highest BCUT2D eigenvalue weighted by atomic mass is 32.2. The number of aliphatic carboxylic acids is 1. The van der Waals surface area contributed by atoms with Gasteiger partial charge < -0.3 is 15.2 Å². The van der Waals surface area contributed by atoms with Crippen molar-refractivity contribution in [3.05, 3.63) is 84.2 Å². The van der Waals surface area contributed by atoms with E-state index in [4.69, 9.17) is 4.74 Å². The van der Waals surface area contributed by atoms with Gasteiger partial charge in [0.1, 0.15) is 18.4 Å². The number of hydrogen-bond donors (Lipinski definition) is 2. The molecule has 166 valence electrons. The molecule has 7 heteroatoms. The molecule has 0 aliphatic carbocycles. The van der Waals surface area contributed by atoms with Gasteiger partial charge in [-0.15, -0.1) is 0 Å². The van der Waals surface area contributed by atoms with Crippen LogP contribution in [-0.4, -0.2) is 39.5 Å². The van der Waals surface area contributed by atoms with E-state index in [1.807, 2.05) is 55.5 Å². The van der Waals surface area contributed by atoms with E-state index in [1.54, 1.807) is 36.3 Å². The summed E-state index contributed by atoms with van der Waals surface area (Å²) in [6, 6.07) is 17.7. The lowest BCUT2D eigenvalue weighted by atomic mass is 9.96. The van der Waals surface area contributed by atoms with E-state index in [1.165, 1.54) is 0 Å². The standard InChI is InChI=1S/C25H26N2O4S/c1-2-32-14-12-23(25(29)30)27-24(28)21-11-10-18(17-31-20-9-6-13-26-16-20)15-22(21)19-7-4-3-5-8-19/h3-11,13,15-16,23H,2,12,14,17H2,1H3,(H,27,28)(H,29,30)/t23-/m0/s1. The second-order valence-corrected chi connectivity index (χ2v) is 8.47. The van der Waals surface area contributed by atoms with Crippen molar-refractivity contribution in [3.8, 4) is 16.9 Å². The molecule has 0 radical (unpaired) electrons. The maximum absolute atomic E-state index is 13.1. The Morgan fingerprint density at radius 2 is 1.94 bits per heavy atom. The molecule has 1 atom stereocenters. The van der Waals surface area contributed by atoms with Crippen LogP contribution >= 0.6 is 11.8 Å². The third kappa shape index (κ3) is 6.59. The summed E-state index contributed by atoms with van der Waals surface area (Å²) in [5.41, 5.74) is 2.91. The number of rotatable bonds is 11.